The summed E-state index contributed by atoms with van der Waals surface area (Å²) in [5, 5.41) is 0. The third kappa shape index (κ3) is 7.26. The van der Waals surface area contributed by atoms with E-state index in [2.05, 4.69) is 0 Å². The van der Waals surface area contributed by atoms with E-state index in [0.29, 0.717) is 17.1 Å². The molecule has 0 fully saturated rings. The van der Waals surface area contributed by atoms with Crippen LogP contribution in [0.4, 0.5) is 0 Å². The molecule has 6 nitrogen and oxygen atoms in total. The Kier molecular flexibility index (Phi) is 8.49. The number of benzene rings is 1. The van der Waals surface area contributed by atoms with E-state index in [4.69, 9.17) is 14.2 Å². The first kappa shape index (κ1) is 20.5. The van der Waals surface area contributed by atoms with E-state index in [9.17, 15) is 14.1 Å². The van der Waals surface area contributed by atoms with Crippen LogP contribution in [0.25, 0.3) is 6.08 Å². The Balaban J connectivity index is 3.00. The van der Waals surface area contributed by atoms with Gasteiger partial charge in [-0.05, 0) is 56.8 Å². The van der Waals surface area contributed by atoms with Crippen LogP contribution in [0.1, 0.15) is 26.3 Å². The van der Waals surface area contributed by atoms with Crippen LogP contribution in [0.2, 0.25) is 6.55 Å². The summed E-state index contributed by atoms with van der Waals surface area (Å²) in [7, 11) is -1.76. The van der Waals surface area contributed by atoms with Gasteiger partial charge in [-0.1, -0.05) is 12.1 Å². The lowest BCUT2D eigenvalue weighted by atomic mass is 10.1. The molecule has 0 saturated heterocycles. The molecule has 1 aromatic carbocycles. The fraction of sp³-hybridized carbons (Fsp3) is 0.333. The molecular weight excluding hydrogens is 340 g/mol. The molecule has 0 saturated carbocycles. The van der Waals surface area contributed by atoms with Gasteiger partial charge in [-0.2, -0.15) is 0 Å². The van der Waals surface area contributed by atoms with Gasteiger partial charge in [-0.3, -0.25) is 0 Å². The quantitative estimate of drug-likeness (QED) is 0.177. The number of hydrogen-bond donors (Lipinski definition) is 0. The number of rotatable bonds is 8. The van der Waals surface area contributed by atoms with Crippen molar-refractivity contribution in [3.63, 3.8) is 0 Å². The van der Waals surface area contributed by atoms with Crippen molar-refractivity contribution in [3.05, 3.63) is 46.9 Å². The van der Waals surface area contributed by atoms with Crippen molar-refractivity contribution in [2.24, 2.45) is 0 Å². The molecule has 25 heavy (non-hydrogen) atoms. The summed E-state index contributed by atoms with van der Waals surface area (Å²) in [5.41, 5.74) is 2.02. The molecule has 0 radical (unpaired) electrons. The van der Waals surface area contributed by atoms with Gasteiger partial charge in [0.1, 0.15) is 11.3 Å². The van der Waals surface area contributed by atoms with Gasteiger partial charge < -0.3 is 18.7 Å². The summed E-state index contributed by atoms with van der Waals surface area (Å²) < 4.78 is 26.5. The highest BCUT2D eigenvalue weighted by Crippen LogP contribution is 2.18. The normalized spacial score (nSPS) is 10.6. The van der Waals surface area contributed by atoms with E-state index >= 15 is 0 Å². The molecular formula is C18H22O6Si. The Morgan fingerprint density at radius 1 is 1.04 bits per heavy atom. The van der Waals surface area contributed by atoms with Crippen molar-refractivity contribution in [2.45, 2.75) is 27.3 Å². The summed E-state index contributed by atoms with van der Waals surface area (Å²) in [5.74, 6) is -0.349. The van der Waals surface area contributed by atoms with Gasteiger partial charge in [0.15, 0.2) is 0 Å². The minimum atomic E-state index is -1.76. The van der Waals surface area contributed by atoms with E-state index in [-0.39, 0.29) is 18.8 Å². The van der Waals surface area contributed by atoms with Crippen LogP contribution >= 0.6 is 0 Å². The fourth-order valence-corrected chi connectivity index (χ4v) is 2.55. The van der Waals surface area contributed by atoms with E-state index in [1.54, 1.807) is 57.3 Å². The zero-order chi connectivity index (χ0) is 18.8. The molecule has 0 aliphatic heterocycles. The van der Waals surface area contributed by atoms with Crippen LogP contribution in [0.5, 0.6) is 5.75 Å². The van der Waals surface area contributed by atoms with E-state index in [0.717, 1.165) is 0 Å². The summed E-state index contributed by atoms with van der Waals surface area (Å²) in [6.45, 7) is 6.99. The maximum absolute atomic E-state index is 11.9. The molecule has 0 unspecified atom stereocenters. The second kappa shape index (κ2) is 10.3. The lowest BCUT2D eigenvalue weighted by Gasteiger charge is -2.08. The standard InChI is InChI=1S/C18H22O6Si/c1-5-22-17(19)16(18(20)23-6-2)11-14-7-9-15(10-8-14)24-13(3)12-25(4)21/h7-12H,5-6H2,1-4H3. The number of carbonyl (C=O) groups is 2. The zero-order valence-corrected chi connectivity index (χ0v) is 15.8. The number of hydrogen-bond acceptors (Lipinski definition) is 6. The third-order valence-electron chi connectivity index (χ3n) is 2.87. The van der Waals surface area contributed by atoms with Gasteiger partial charge in [0.25, 0.3) is 0 Å². The van der Waals surface area contributed by atoms with Gasteiger partial charge in [-0.25, -0.2) is 9.59 Å². The summed E-state index contributed by atoms with van der Waals surface area (Å²) in [6, 6.07) is 6.75. The molecule has 134 valence electrons. The van der Waals surface area contributed by atoms with Crippen molar-refractivity contribution in [1.82, 2.24) is 0 Å². The first-order valence-electron chi connectivity index (χ1n) is 7.90. The van der Waals surface area contributed by atoms with Gasteiger partial charge >= 0.3 is 20.6 Å². The molecule has 0 N–H and O–H groups in total. The molecule has 0 atom stereocenters. The lowest BCUT2D eigenvalue weighted by Crippen LogP contribution is -2.18. The van der Waals surface area contributed by atoms with Gasteiger partial charge in [0.05, 0.1) is 19.0 Å². The van der Waals surface area contributed by atoms with Crippen LogP contribution in [0.15, 0.2) is 41.3 Å². The highest BCUT2D eigenvalue weighted by Gasteiger charge is 2.20. The van der Waals surface area contributed by atoms with Crippen molar-refractivity contribution < 1.29 is 28.3 Å². The minimum Gasteiger partial charge on any atom is -0.462 e. The van der Waals surface area contributed by atoms with Crippen LogP contribution < -0.4 is 4.74 Å². The molecule has 0 aliphatic carbocycles. The predicted molar refractivity (Wildman–Crippen MR) is 94.4 cm³/mol. The highest BCUT2D eigenvalue weighted by atomic mass is 28.3. The molecule has 0 amide bonds. The number of carbonyl (C=O) groups excluding carboxylic acids is 2. The average molecular weight is 362 g/mol. The van der Waals surface area contributed by atoms with Crippen molar-refractivity contribution in [3.8, 4) is 5.75 Å². The predicted octanol–water partition coefficient (Wildman–Crippen LogP) is 3.07. The Hall–Kier alpha value is -2.54. The van der Waals surface area contributed by atoms with Crippen LogP contribution in [0.3, 0.4) is 0 Å². The van der Waals surface area contributed by atoms with Crippen molar-refractivity contribution in [1.29, 1.82) is 0 Å². The topological polar surface area (TPSA) is 78.9 Å². The SMILES string of the molecule is CCOC(=O)C(=Cc1ccc(OC(C)=C[Si](C)=O)cc1)C(=O)OCC. The molecule has 0 bridgehead atoms. The van der Waals surface area contributed by atoms with E-state index in [1.807, 2.05) is 0 Å². The van der Waals surface area contributed by atoms with Gasteiger partial charge in [-0.15, -0.1) is 0 Å². The maximum Gasteiger partial charge on any atom is 0.345 e. The average Bonchev–Trinajstić information content (AvgIpc) is 2.53. The van der Waals surface area contributed by atoms with E-state index in [1.165, 1.54) is 6.08 Å². The second-order valence-corrected chi connectivity index (χ2v) is 6.55. The first-order valence-corrected chi connectivity index (χ1v) is 9.88. The molecule has 1 rings (SSSR count). The monoisotopic (exact) mass is 362 g/mol. The second-order valence-electron chi connectivity index (χ2n) is 5.04. The Labute approximate surface area is 148 Å². The molecule has 7 heteroatoms. The highest BCUT2D eigenvalue weighted by molar-refractivity contribution is 6.47. The first-order chi connectivity index (χ1) is 11.9. The largest absolute Gasteiger partial charge is 0.462 e. The Bertz CT molecular complexity index is 668. The lowest BCUT2D eigenvalue weighted by molar-refractivity contribution is -0.146. The third-order valence-corrected chi connectivity index (χ3v) is 3.68. The van der Waals surface area contributed by atoms with Crippen molar-refractivity contribution >= 4 is 26.7 Å². The van der Waals surface area contributed by atoms with Crippen LogP contribution in [0, 0.1) is 0 Å². The van der Waals surface area contributed by atoms with E-state index < -0.39 is 20.6 Å². The minimum absolute atomic E-state index is 0.161. The van der Waals surface area contributed by atoms with Gasteiger partial charge in [0.2, 0.25) is 0 Å². The smallest absolute Gasteiger partial charge is 0.345 e. The summed E-state index contributed by atoms with van der Waals surface area (Å²) in [4.78, 5) is 23.9. The summed E-state index contributed by atoms with van der Waals surface area (Å²) >= 11 is 0. The molecule has 1 aromatic rings. The molecule has 0 aliphatic rings. The fourth-order valence-electron chi connectivity index (χ4n) is 1.92. The van der Waals surface area contributed by atoms with Crippen LogP contribution in [-0.2, 0) is 23.5 Å². The maximum atomic E-state index is 11.9. The van der Waals surface area contributed by atoms with Crippen LogP contribution in [-0.4, -0.2) is 33.8 Å². The number of allylic oxidation sites excluding steroid dienone is 1. The summed E-state index contributed by atoms with van der Waals surface area (Å²) in [6.07, 6.45) is 1.41. The zero-order valence-electron chi connectivity index (χ0n) is 14.8. The number of esters is 2. The Morgan fingerprint density at radius 3 is 2.00 bits per heavy atom. The molecule has 0 aromatic heterocycles. The molecule has 0 spiro atoms. The van der Waals surface area contributed by atoms with Crippen molar-refractivity contribution in [2.75, 3.05) is 13.2 Å². The Morgan fingerprint density at radius 2 is 1.56 bits per heavy atom. The van der Waals surface area contributed by atoms with Gasteiger partial charge in [0, 0.05) is 0 Å². The number of ether oxygens (including phenoxy) is 3. The molecule has 0 heterocycles.